The highest BCUT2D eigenvalue weighted by Crippen LogP contribution is 2.40. The smallest absolute Gasteiger partial charge is 0.224 e. The van der Waals surface area contributed by atoms with E-state index in [1.165, 1.54) is 0 Å². The van der Waals surface area contributed by atoms with E-state index in [9.17, 15) is 4.79 Å². The highest BCUT2D eigenvalue weighted by molar-refractivity contribution is 9.11. The summed E-state index contributed by atoms with van der Waals surface area (Å²) in [4.78, 5) is 17.0. The van der Waals surface area contributed by atoms with Crippen molar-refractivity contribution >= 4 is 65.0 Å². The minimum atomic E-state index is 0.00961. The van der Waals surface area contributed by atoms with E-state index in [0.717, 1.165) is 35.4 Å². The number of para-hydroxylation sites is 1. The summed E-state index contributed by atoms with van der Waals surface area (Å²) in [6, 6.07) is 12.0. The number of rotatable bonds is 4. The van der Waals surface area contributed by atoms with Crippen LogP contribution in [0.3, 0.4) is 0 Å². The number of nitrogens with one attached hydrogen (secondary N) is 1. The summed E-state index contributed by atoms with van der Waals surface area (Å²) in [7, 11) is 0. The molecule has 0 radical (unpaired) electrons. The Balaban J connectivity index is 2.07. The molecule has 1 aromatic heterocycles. The van der Waals surface area contributed by atoms with Crippen molar-refractivity contribution in [3.05, 3.63) is 45.3 Å². The van der Waals surface area contributed by atoms with E-state index in [1.54, 1.807) is 11.3 Å². The summed E-state index contributed by atoms with van der Waals surface area (Å²) < 4.78 is 2.90. The lowest BCUT2D eigenvalue weighted by Crippen LogP contribution is -2.15. The Kier molecular flexibility index (Phi) is 5.37. The third-order valence-electron chi connectivity index (χ3n) is 3.44. The molecule has 0 spiro atoms. The van der Waals surface area contributed by atoms with E-state index in [0.29, 0.717) is 12.3 Å². The lowest BCUT2D eigenvalue weighted by atomic mass is 10.1. The zero-order chi connectivity index (χ0) is 17.3. The van der Waals surface area contributed by atoms with E-state index >= 15 is 0 Å². The molecule has 0 saturated heterocycles. The van der Waals surface area contributed by atoms with Crippen LogP contribution in [0.2, 0.25) is 0 Å². The molecule has 1 N–H and O–H groups in total. The number of amides is 1. The van der Waals surface area contributed by atoms with Gasteiger partial charge >= 0.3 is 0 Å². The largest absolute Gasteiger partial charge is 0.324 e. The lowest BCUT2D eigenvalue weighted by Gasteiger charge is -2.13. The second-order valence-corrected chi connectivity index (χ2v) is 8.74. The van der Waals surface area contributed by atoms with Crippen LogP contribution in [0.4, 0.5) is 5.69 Å². The van der Waals surface area contributed by atoms with Gasteiger partial charge in [-0.3, -0.25) is 4.79 Å². The normalized spacial score (nSPS) is 11.2. The van der Waals surface area contributed by atoms with E-state index in [1.807, 2.05) is 44.2 Å². The van der Waals surface area contributed by atoms with E-state index in [4.69, 9.17) is 4.98 Å². The van der Waals surface area contributed by atoms with Gasteiger partial charge in [0, 0.05) is 20.9 Å². The number of thiazole rings is 1. The molecule has 3 aromatic rings. The Morgan fingerprint density at radius 1 is 1.25 bits per heavy atom. The van der Waals surface area contributed by atoms with Gasteiger partial charge in [-0.15, -0.1) is 11.3 Å². The average molecular weight is 468 g/mol. The fraction of sp³-hybridized carbons (Fsp3) is 0.222. The predicted octanol–water partition coefficient (Wildman–Crippen LogP) is 6.47. The molecular weight excluding hydrogens is 452 g/mol. The van der Waals surface area contributed by atoms with Crippen LogP contribution in [0.25, 0.3) is 20.8 Å². The van der Waals surface area contributed by atoms with Crippen LogP contribution in [0, 0.1) is 5.92 Å². The first-order chi connectivity index (χ1) is 11.4. The van der Waals surface area contributed by atoms with Crippen molar-refractivity contribution in [2.24, 2.45) is 5.92 Å². The molecule has 2 aromatic carbocycles. The van der Waals surface area contributed by atoms with Crippen LogP contribution in [0.1, 0.15) is 20.3 Å². The van der Waals surface area contributed by atoms with Gasteiger partial charge in [-0.05, 0) is 46.1 Å². The van der Waals surface area contributed by atoms with Gasteiger partial charge in [-0.2, -0.15) is 0 Å². The maximum Gasteiger partial charge on any atom is 0.224 e. The zero-order valence-corrected chi connectivity index (χ0v) is 17.3. The summed E-state index contributed by atoms with van der Waals surface area (Å²) >= 11 is 8.71. The monoisotopic (exact) mass is 466 g/mol. The number of aromatic nitrogens is 1. The van der Waals surface area contributed by atoms with Crippen LogP contribution in [0.15, 0.2) is 45.3 Å². The van der Waals surface area contributed by atoms with Gasteiger partial charge in [0.15, 0.2) is 0 Å². The van der Waals surface area contributed by atoms with Crippen LogP contribution in [-0.2, 0) is 4.79 Å². The molecule has 24 heavy (non-hydrogen) atoms. The Morgan fingerprint density at radius 3 is 2.71 bits per heavy atom. The van der Waals surface area contributed by atoms with Crippen LogP contribution in [0.5, 0.6) is 0 Å². The fourth-order valence-electron chi connectivity index (χ4n) is 2.42. The van der Waals surface area contributed by atoms with Gasteiger partial charge < -0.3 is 5.32 Å². The number of nitrogens with zero attached hydrogens (tertiary/aromatic N) is 1. The van der Waals surface area contributed by atoms with E-state index in [2.05, 4.69) is 43.2 Å². The molecule has 0 saturated carbocycles. The molecule has 0 aliphatic heterocycles. The molecule has 3 nitrogen and oxygen atoms in total. The third kappa shape index (κ3) is 3.87. The first-order valence-corrected chi connectivity index (χ1v) is 9.99. The van der Waals surface area contributed by atoms with E-state index < -0.39 is 0 Å². The number of anilines is 1. The van der Waals surface area contributed by atoms with Gasteiger partial charge in [0.2, 0.25) is 5.91 Å². The number of carbonyl (C=O) groups excluding carboxylic acids is 1. The number of halogens is 2. The van der Waals surface area contributed by atoms with Crippen molar-refractivity contribution in [2.45, 2.75) is 20.3 Å². The van der Waals surface area contributed by atoms with Crippen LogP contribution < -0.4 is 5.32 Å². The maximum atomic E-state index is 12.3. The van der Waals surface area contributed by atoms with Gasteiger partial charge in [-0.1, -0.05) is 41.9 Å². The first-order valence-electron chi connectivity index (χ1n) is 7.59. The minimum absolute atomic E-state index is 0.00961. The van der Waals surface area contributed by atoms with Crippen molar-refractivity contribution in [1.29, 1.82) is 0 Å². The SMILES string of the molecule is CC(C)CC(=O)Nc1c(Br)cc(Br)cc1-c1nc2ccccc2s1. The van der Waals surface area contributed by atoms with Crippen LogP contribution in [-0.4, -0.2) is 10.9 Å². The van der Waals surface area contributed by atoms with Crippen molar-refractivity contribution in [2.75, 3.05) is 5.32 Å². The van der Waals surface area contributed by atoms with Gasteiger partial charge in [0.1, 0.15) is 5.01 Å². The van der Waals surface area contributed by atoms with Crippen molar-refractivity contribution in [1.82, 2.24) is 4.98 Å². The Hall–Kier alpha value is -1.24. The molecule has 0 unspecified atom stereocenters. The van der Waals surface area contributed by atoms with Crippen molar-refractivity contribution in [3.63, 3.8) is 0 Å². The zero-order valence-electron chi connectivity index (χ0n) is 13.3. The lowest BCUT2D eigenvalue weighted by molar-refractivity contribution is -0.116. The second-order valence-electron chi connectivity index (χ2n) is 5.94. The molecule has 3 rings (SSSR count). The molecule has 1 amide bonds. The number of carbonyl (C=O) groups is 1. The van der Waals surface area contributed by atoms with Crippen molar-refractivity contribution < 1.29 is 4.79 Å². The Labute approximate surface area is 161 Å². The summed E-state index contributed by atoms with van der Waals surface area (Å²) in [5.74, 6) is 0.320. The molecule has 0 fully saturated rings. The third-order valence-corrected chi connectivity index (χ3v) is 5.59. The standard InChI is InChI=1S/C18H16Br2N2OS/c1-10(2)7-16(23)22-17-12(8-11(19)9-13(17)20)18-21-14-5-3-4-6-15(14)24-18/h3-6,8-10H,7H2,1-2H3,(H,22,23). The number of hydrogen-bond donors (Lipinski definition) is 1. The number of benzene rings is 2. The summed E-state index contributed by atoms with van der Waals surface area (Å²) in [6.07, 6.45) is 0.488. The van der Waals surface area contributed by atoms with E-state index in [-0.39, 0.29) is 5.91 Å². The Bertz CT molecular complexity index is 872. The molecule has 0 atom stereocenters. The van der Waals surface area contributed by atoms with Gasteiger partial charge in [0.25, 0.3) is 0 Å². The highest BCUT2D eigenvalue weighted by atomic mass is 79.9. The molecule has 0 bridgehead atoms. The summed E-state index contributed by atoms with van der Waals surface area (Å²) in [5, 5.41) is 3.93. The highest BCUT2D eigenvalue weighted by Gasteiger charge is 2.17. The van der Waals surface area contributed by atoms with Gasteiger partial charge in [0.05, 0.1) is 15.9 Å². The number of hydrogen-bond acceptors (Lipinski definition) is 3. The molecule has 0 aliphatic rings. The Morgan fingerprint density at radius 2 is 2.00 bits per heavy atom. The summed E-state index contributed by atoms with van der Waals surface area (Å²) in [6.45, 7) is 4.06. The molecule has 124 valence electrons. The minimum Gasteiger partial charge on any atom is -0.324 e. The van der Waals surface area contributed by atoms with Crippen LogP contribution >= 0.6 is 43.2 Å². The molecule has 0 aliphatic carbocycles. The van der Waals surface area contributed by atoms with Gasteiger partial charge in [-0.25, -0.2) is 4.98 Å². The number of fused-ring (bicyclic) bond motifs is 1. The maximum absolute atomic E-state index is 12.3. The fourth-order valence-corrected chi connectivity index (χ4v) is 4.73. The first kappa shape index (κ1) is 17.6. The summed E-state index contributed by atoms with van der Waals surface area (Å²) in [5.41, 5.74) is 2.64. The predicted molar refractivity (Wildman–Crippen MR) is 109 cm³/mol. The topological polar surface area (TPSA) is 42.0 Å². The molecule has 1 heterocycles. The molecular formula is C18H16Br2N2OS. The van der Waals surface area contributed by atoms with Crippen molar-refractivity contribution in [3.8, 4) is 10.6 Å². The quantitative estimate of drug-likeness (QED) is 0.477. The second kappa shape index (κ2) is 7.33. The average Bonchev–Trinajstić information content (AvgIpc) is 2.92. The molecule has 6 heteroatoms.